The second-order valence-electron chi connectivity index (χ2n) is 7.47. The predicted octanol–water partition coefficient (Wildman–Crippen LogP) is 4.09. The highest BCUT2D eigenvalue weighted by molar-refractivity contribution is 5.36. The van der Waals surface area contributed by atoms with E-state index in [2.05, 4.69) is 31.1 Å². The Morgan fingerprint density at radius 2 is 1.95 bits per heavy atom. The predicted molar refractivity (Wildman–Crippen MR) is 79.5 cm³/mol. The van der Waals surface area contributed by atoms with Crippen molar-refractivity contribution >= 4 is 5.82 Å². The van der Waals surface area contributed by atoms with Crippen LogP contribution in [0.3, 0.4) is 0 Å². The Morgan fingerprint density at radius 3 is 2.55 bits per heavy atom. The number of nitrogens with one attached hydrogen (secondary N) is 1. The van der Waals surface area contributed by atoms with Gasteiger partial charge in [0.05, 0.1) is 6.10 Å². The lowest BCUT2D eigenvalue weighted by molar-refractivity contribution is -0.141. The monoisotopic (exact) mass is 316 g/mol. The second kappa shape index (κ2) is 5.72. The van der Waals surface area contributed by atoms with E-state index in [0.29, 0.717) is 13.0 Å². The number of hydrogen-bond acceptors (Lipinski definition) is 3. The third kappa shape index (κ3) is 4.35. The summed E-state index contributed by atoms with van der Waals surface area (Å²) < 4.78 is 38.0. The van der Waals surface area contributed by atoms with Gasteiger partial charge in [0, 0.05) is 6.54 Å². The normalized spacial score (nSPS) is 28.4. The minimum atomic E-state index is -4.44. The number of halogens is 3. The van der Waals surface area contributed by atoms with Gasteiger partial charge in [-0.15, -0.1) is 0 Å². The molecule has 2 atom stereocenters. The molecule has 0 bridgehead atoms. The van der Waals surface area contributed by atoms with Crippen molar-refractivity contribution in [3.05, 3.63) is 23.9 Å². The van der Waals surface area contributed by atoms with E-state index in [1.165, 1.54) is 12.1 Å². The zero-order chi connectivity index (χ0) is 16.6. The van der Waals surface area contributed by atoms with Crippen molar-refractivity contribution < 1.29 is 18.3 Å². The molecule has 0 amide bonds. The molecular formula is C16H23F3N2O. The Bertz CT molecular complexity index is 530. The van der Waals surface area contributed by atoms with Gasteiger partial charge in [0.15, 0.2) is 0 Å². The first-order valence-electron chi connectivity index (χ1n) is 7.45. The number of pyridine rings is 1. The molecule has 3 nitrogen and oxygen atoms in total. The van der Waals surface area contributed by atoms with E-state index in [9.17, 15) is 18.3 Å². The molecule has 0 aromatic carbocycles. The third-order valence-electron chi connectivity index (χ3n) is 4.16. The van der Waals surface area contributed by atoms with Crippen LogP contribution in [0.5, 0.6) is 0 Å². The molecular weight excluding hydrogens is 293 g/mol. The van der Waals surface area contributed by atoms with Crippen molar-refractivity contribution in [3.8, 4) is 0 Å². The SMILES string of the molecule is CC1(C)CC(O)CC(C)(CNc2cccc(C(F)(F)F)n2)C1. The number of nitrogens with zero attached hydrogens (tertiary/aromatic N) is 1. The van der Waals surface area contributed by atoms with Gasteiger partial charge in [-0.05, 0) is 42.2 Å². The van der Waals surface area contributed by atoms with Crippen LogP contribution >= 0.6 is 0 Å². The van der Waals surface area contributed by atoms with Crippen LogP contribution in [0.25, 0.3) is 0 Å². The number of alkyl halides is 3. The van der Waals surface area contributed by atoms with Gasteiger partial charge >= 0.3 is 6.18 Å². The van der Waals surface area contributed by atoms with Crippen molar-refractivity contribution in [2.75, 3.05) is 11.9 Å². The summed E-state index contributed by atoms with van der Waals surface area (Å²) in [7, 11) is 0. The van der Waals surface area contributed by atoms with Gasteiger partial charge in [0.1, 0.15) is 11.5 Å². The Balaban J connectivity index is 2.06. The molecule has 1 aliphatic rings. The maximum atomic E-state index is 12.7. The molecule has 0 radical (unpaired) electrons. The molecule has 1 aromatic heterocycles. The molecule has 2 N–H and O–H groups in total. The summed E-state index contributed by atoms with van der Waals surface area (Å²) in [6.07, 6.45) is -2.51. The van der Waals surface area contributed by atoms with Crippen LogP contribution < -0.4 is 5.32 Å². The molecule has 22 heavy (non-hydrogen) atoms. The van der Waals surface area contributed by atoms with Gasteiger partial charge in [0.2, 0.25) is 0 Å². The summed E-state index contributed by atoms with van der Waals surface area (Å²) in [5.41, 5.74) is -1.04. The first kappa shape index (κ1) is 17.1. The van der Waals surface area contributed by atoms with E-state index in [4.69, 9.17) is 0 Å². The van der Waals surface area contributed by atoms with E-state index >= 15 is 0 Å². The maximum Gasteiger partial charge on any atom is 0.433 e. The number of anilines is 1. The van der Waals surface area contributed by atoms with Crippen molar-refractivity contribution in [1.29, 1.82) is 0 Å². The Morgan fingerprint density at radius 1 is 1.27 bits per heavy atom. The number of aliphatic hydroxyl groups excluding tert-OH is 1. The highest BCUT2D eigenvalue weighted by Crippen LogP contribution is 2.46. The fourth-order valence-electron chi connectivity index (χ4n) is 3.71. The van der Waals surface area contributed by atoms with E-state index in [1.54, 1.807) is 0 Å². The van der Waals surface area contributed by atoms with E-state index in [1.807, 2.05) is 0 Å². The zero-order valence-electron chi connectivity index (χ0n) is 13.2. The van der Waals surface area contributed by atoms with Crippen LogP contribution in [0.15, 0.2) is 18.2 Å². The average molecular weight is 316 g/mol. The summed E-state index contributed by atoms with van der Waals surface area (Å²) in [5.74, 6) is 0.217. The van der Waals surface area contributed by atoms with Gasteiger partial charge in [-0.2, -0.15) is 13.2 Å². The Labute approximate surface area is 129 Å². The summed E-state index contributed by atoms with van der Waals surface area (Å²) in [4.78, 5) is 3.62. The molecule has 124 valence electrons. The fourth-order valence-corrected chi connectivity index (χ4v) is 3.71. The fraction of sp³-hybridized carbons (Fsp3) is 0.688. The van der Waals surface area contributed by atoms with Crippen LogP contribution in [-0.2, 0) is 6.18 Å². The van der Waals surface area contributed by atoms with Crippen LogP contribution in [0, 0.1) is 10.8 Å². The number of aliphatic hydroxyl groups is 1. The second-order valence-corrected chi connectivity index (χ2v) is 7.47. The first-order valence-corrected chi connectivity index (χ1v) is 7.45. The maximum absolute atomic E-state index is 12.7. The van der Waals surface area contributed by atoms with Crippen molar-refractivity contribution in [1.82, 2.24) is 4.98 Å². The third-order valence-corrected chi connectivity index (χ3v) is 4.16. The van der Waals surface area contributed by atoms with Crippen LogP contribution in [0.4, 0.5) is 19.0 Å². The lowest BCUT2D eigenvalue weighted by Gasteiger charge is -2.45. The molecule has 0 spiro atoms. The summed E-state index contributed by atoms with van der Waals surface area (Å²) >= 11 is 0. The Kier molecular flexibility index (Phi) is 4.44. The molecule has 1 fully saturated rings. The van der Waals surface area contributed by atoms with Crippen molar-refractivity contribution in [2.45, 2.75) is 52.3 Å². The standard InChI is InChI=1S/C16H23F3N2O/c1-14(2)7-11(22)8-15(3,9-14)10-20-13-6-4-5-12(21-13)16(17,18)19/h4-6,11,22H,7-10H2,1-3H3,(H,20,21). The smallest absolute Gasteiger partial charge is 0.393 e. The summed E-state index contributed by atoms with van der Waals surface area (Å²) in [6, 6.07) is 3.84. The minimum Gasteiger partial charge on any atom is -0.393 e. The lowest BCUT2D eigenvalue weighted by atomic mass is 9.63. The topological polar surface area (TPSA) is 45.1 Å². The van der Waals surface area contributed by atoms with Crippen LogP contribution in [-0.4, -0.2) is 22.7 Å². The molecule has 1 aromatic rings. The minimum absolute atomic E-state index is 0.0232. The highest BCUT2D eigenvalue weighted by Gasteiger charge is 2.40. The number of rotatable bonds is 3. The highest BCUT2D eigenvalue weighted by atomic mass is 19.4. The molecule has 1 aliphatic carbocycles. The van der Waals surface area contributed by atoms with E-state index in [0.717, 1.165) is 18.9 Å². The zero-order valence-corrected chi connectivity index (χ0v) is 13.2. The molecule has 1 heterocycles. The first-order chi connectivity index (χ1) is 9.99. The van der Waals surface area contributed by atoms with Crippen LogP contribution in [0.2, 0.25) is 0 Å². The van der Waals surface area contributed by atoms with Gasteiger partial charge in [0.25, 0.3) is 0 Å². The van der Waals surface area contributed by atoms with Gasteiger partial charge in [-0.25, -0.2) is 4.98 Å². The largest absolute Gasteiger partial charge is 0.433 e. The summed E-state index contributed by atoms with van der Waals surface area (Å²) in [5, 5.41) is 13.0. The van der Waals surface area contributed by atoms with Gasteiger partial charge < -0.3 is 10.4 Å². The van der Waals surface area contributed by atoms with E-state index < -0.39 is 11.9 Å². The average Bonchev–Trinajstić information content (AvgIpc) is 2.33. The number of hydrogen-bond donors (Lipinski definition) is 2. The van der Waals surface area contributed by atoms with Crippen molar-refractivity contribution in [3.63, 3.8) is 0 Å². The molecule has 6 heteroatoms. The lowest BCUT2D eigenvalue weighted by Crippen LogP contribution is -2.42. The molecule has 0 aliphatic heterocycles. The molecule has 2 unspecified atom stereocenters. The summed E-state index contributed by atoms with van der Waals surface area (Å²) in [6.45, 7) is 6.76. The molecule has 1 saturated carbocycles. The van der Waals surface area contributed by atoms with Gasteiger partial charge in [-0.3, -0.25) is 0 Å². The van der Waals surface area contributed by atoms with Gasteiger partial charge in [-0.1, -0.05) is 26.8 Å². The quantitative estimate of drug-likeness (QED) is 0.883. The van der Waals surface area contributed by atoms with Crippen LogP contribution in [0.1, 0.15) is 45.7 Å². The Hall–Kier alpha value is -1.30. The van der Waals surface area contributed by atoms with E-state index in [-0.39, 0.29) is 22.8 Å². The van der Waals surface area contributed by atoms with Crippen molar-refractivity contribution in [2.24, 2.45) is 10.8 Å². The molecule has 0 saturated heterocycles. The number of aromatic nitrogens is 1. The molecule has 2 rings (SSSR count).